The Morgan fingerprint density at radius 3 is 2.33 bits per heavy atom. The molecular formula is C10H19F3O2. The van der Waals surface area contributed by atoms with E-state index in [1.165, 1.54) is 0 Å². The van der Waals surface area contributed by atoms with Gasteiger partial charge in [0.15, 0.2) is 0 Å². The van der Waals surface area contributed by atoms with Gasteiger partial charge >= 0.3 is 6.18 Å². The van der Waals surface area contributed by atoms with Gasteiger partial charge in [-0.15, -0.1) is 0 Å². The first kappa shape index (κ1) is 14.7. The number of hydrogen-bond acceptors (Lipinski definition) is 2. The Kier molecular flexibility index (Phi) is 6.92. The van der Waals surface area contributed by atoms with Gasteiger partial charge in [0, 0.05) is 6.61 Å². The molecule has 0 fully saturated rings. The van der Waals surface area contributed by atoms with Crippen LogP contribution in [-0.4, -0.2) is 30.6 Å². The molecule has 0 saturated carbocycles. The van der Waals surface area contributed by atoms with Crippen LogP contribution in [0.2, 0.25) is 0 Å². The van der Waals surface area contributed by atoms with Gasteiger partial charge < -0.3 is 9.84 Å². The maximum atomic E-state index is 11.7. The van der Waals surface area contributed by atoms with E-state index < -0.39 is 18.9 Å². The molecule has 0 radical (unpaired) electrons. The van der Waals surface area contributed by atoms with Gasteiger partial charge in [-0.2, -0.15) is 13.2 Å². The van der Waals surface area contributed by atoms with Crippen molar-refractivity contribution in [2.75, 3.05) is 13.2 Å². The van der Waals surface area contributed by atoms with E-state index in [2.05, 4.69) is 4.74 Å². The molecule has 5 heteroatoms. The fourth-order valence-electron chi connectivity index (χ4n) is 1.42. The average Bonchev–Trinajstić information content (AvgIpc) is 2.08. The molecule has 0 aromatic heterocycles. The van der Waals surface area contributed by atoms with Crippen LogP contribution in [-0.2, 0) is 4.74 Å². The van der Waals surface area contributed by atoms with Crippen molar-refractivity contribution >= 4 is 0 Å². The summed E-state index contributed by atoms with van der Waals surface area (Å²) in [5.41, 5.74) is 0. The topological polar surface area (TPSA) is 29.5 Å². The van der Waals surface area contributed by atoms with Crippen LogP contribution in [0.1, 0.15) is 33.1 Å². The fraction of sp³-hybridized carbons (Fsp3) is 1.00. The van der Waals surface area contributed by atoms with Gasteiger partial charge in [0.25, 0.3) is 0 Å². The van der Waals surface area contributed by atoms with Crippen LogP contribution in [0.5, 0.6) is 0 Å². The average molecular weight is 228 g/mol. The normalized spacial score (nSPS) is 16.4. The number of aliphatic hydroxyl groups excluding tert-OH is 1. The van der Waals surface area contributed by atoms with E-state index in [-0.39, 0.29) is 12.5 Å². The zero-order chi connectivity index (χ0) is 11.9. The van der Waals surface area contributed by atoms with E-state index in [9.17, 15) is 18.3 Å². The Labute approximate surface area is 88.4 Å². The Balaban J connectivity index is 3.45. The quantitative estimate of drug-likeness (QED) is 0.679. The third kappa shape index (κ3) is 8.69. The first-order valence-corrected chi connectivity index (χ1v) is 5.19. The summed E-state index contributed by atoms with van der Waals surface area (Å²) in [4.78, 5) is 0. The molecule has 0 bridgehead atoms. The lowest BCUT2D eigenvalue weighted by Crippen LogP contribution is -2.19. The molecule has 0 aliphatic heterocycles. The molecule has 15 heavy (non-hydrogen) atoms. The van der Waals surface area contributed by atoms with Crippen LogP contribution in [0.15, 0.2) is 0 Å². The van der Waals surface area contributed by atoms with Gasteiger partial charge in [-0.25, -0.2) is 0 Å². The van der Waals surface area contributed by atoms with Crippen LogP contribution in [0.4, 0.5) is 13.2 Å². The van der Waals surface area contributed by atoms with Crippen molar-refractivity contribution in [1.82, 2.24) is 0 Å². The lowest BCUT2D eigenvalue weighted by molar-refractivity contribution is -0.174. The van der Waals surface area contributed by atoms with Gasteiger partial charge in [0.2, 0.25) is 0 Å². The fourth-order valence-corrected chi connectivity index (χ4v) is 1.42. The summed E-state index contributed by atoms with van der Waals surface area (Å²) in [6, 6.07) is 0. The van der Waals surface area contributed by atoms with Crippen LogP contribution < -0.4 is 0 Å². The summed E-state index contributed by atoms with van der Waals surface area (Å²) < 4.78 is 39.5. The zero-order valence-corrected chi connectivity index (χ0v) is 9.18. The molecule has 0 saturated heterocycles. The summed E-state index contributed by atoms with van der Waals surface area (Å²) in [6.45, 7) is 2.57. The van der Waals surface area contributed by atoms with Crippen molar-refractivity contribution in [3.8, 4) is 0 Å². The van der Waals surface area contributed by atoms with Crippen molar-refractivity contribution in [3.63, 3.8) is 0 Å². The summed E-state index contributed by atoms with van der Waals surface area (Å²) in [5.74, 6) is 0.152. The lowest BCUT2D eigenvalue weighted by Gasteiger charge is -2.17. The van der Waals surface area contributed by atoms with Crippen molar-refractivity contribution in [2.45, 2.75) is 45.4 Å². The van der Waals surface area contributed by atoms with Gasteiger partial charge in [-0.05, 0) is 25.7 Å². The van der Waals surface area contributed by atoms with Gasteiger partial charge in [0.1, 0.15) is 6.61 Å². The first-order valence-electron chi connectivity index (χ1n) is 5.19. The second-order valence-electron chi connectivity index (χ2n) is 3.72. The number of halogens is 3. The van der Waals surface area contributed by atoms with Crippen LogP contribution >= 0.6 is 0 Å². The van der Waals surface area contributed by atoms with Crippen molar-refractivity contribution in [2.24, 2.45) is 5.92 Å². The second-order valence-corrected chi connectivity index (χ2v) is 3.72. The summed E-state index contributed by atoms with van der Waals surface area (Å²) in [7, 11) is 0. The third-order valence-corrected chi connectivity index (χ3v) is 2.34. The van der Waals surface area contributed by atoms with Crippen molar-refractivity contribution in [3.05, 3.63) is 0 Å². The predicted molar refractivity (Wildman–Crippen MR) is 51.6 cm³/mol. The minimum absolute atomic E-state index is 0.0999. The lowest BCUT2D eigenvalue weighted by atomic mass is 9.95. The molecule has 0 aliphatic rings. The first-order chi connectivity index (χ1) is 6.87. The number of hydrogen-bond donors (Lipinski definition) is 1. The van der Waals surface area contributed by atoms with E-state index in [1.807, 2.05) is 6.92 Å². The molecule has 0 spiro atoms. The summed E-state index contributed by atoms with van der Waals surface area (Å²) in [6.07, 6.45) is -2.56. The highest BCUT2D eigenvalue weighted by molar-refractivity contribution is 4.62. The Hall–Kier alpha value is -0.290. The highest BCUT2D eigenvalue weighted by Gasteiger charge is 2.27. The molecule has 0 aromatic rings. The molecule has 0 aromatic carbocycles. The second kappa shape index (κ2) is 7.06. The smallest absolute Gasteiger partial charge is 0.393 e. The number of aliphatic hydroxyl groups is 1. The molecule has 0 rings (SSSR count). The maximum absolute atomic E-state index is 11.7. The van der Waals surface area contributed by atoms with E-state index in [0.29, 0.717) is 12.8 Å². The van der Waals surface area contributed by atoms with Gasteiger partial charge in [-0.3, -0.25) is 0 Å². The molecular weight excluding hydrogens is 209 g/mol. The molecule has 2 nitrogen and oxygen atoms in total. The Bertz CT molecular complexity index is 157. The van der Waals surface area contributed by atoms with Gasteiger partial charge in [0.05, 0.1) is 6.10 Å². The summed E-state index contributed by atoms with van der Waals surface area (Å²) in [5, 5.41) is 9.28. The van der Waals surface area contributed by atoms with Crippen molar-refractivity contribution < 1.29 is 23.0 Å². The minimum atomic E-state index is -4.24. The zero-order valence-electron chi connectivity index (χ0n) is 9.18. The van der Waals surface area contributed by atoms with Crippen LogP contribution in [0, 0.1) is 5.92 Å². The number of ether oxygens (including phenoxy) is 1. The molecule has 0 heterocycles. The van der Waals surface area contributed by atoms with E-state index in [4.69, 9.17) is 0 Å². The van der Waals surface area contributed by atoms with Gasteiger partial charge in [-0.1, -0.05) is 13.3 Å². The third-order valence-electron chi connectivity index (χ3n) is 2.34. The molecule has 2 atom stereocenters. The molecule has 1 N–H and O–H groups in total. The standard InChI is InChI=1S/C10H19F3O2/c1-3-9(8(2)14)5-4-6-15-7-10(11,12)13/h8-9,14H,3-7H2,1-2H3. The Morgan fingerprint density at radius 2 is 1.93 bits per heavy atom. The molecule has 0 aliphatic carbocycles. The van der Waals surface area contributed by atoms with E-state index >= 15 is 0 Å². The van der Waals surface area contributed by atoms with Crippen molar-refractivity contribution in [1.29, 1.82) is 0 Å². The number of rotatable bonds is 7. The molecule has 0 amide bonds. The number of alkyl halides is 3. The monoisotopic (exact) mass is 228 g/mol. The highest BCUT2D eigenvalue weighted by Crippen LogP contribution is 2.17. The predicted octanol–water partition coefficient (Wildman–Crippen LogP) is 2.75. The van der Waals surface area contributed by atoms with E-state index in [1.54, 1.807) is 6.92 Å². The molecule has 2 unspecified atom stereocenters. The van der Waals surface area contributed by atoms with E-state index in [0.717, 1.165) is 6.42 Å². The summed E-state index contributed by atoms with van der Waals surface area (Å²) >= 11 is 0. The minimum Gasteiger partial charge on any atom is -0.393 e. The molecule has 92 valence electrons. The largest absolute Gasteiger partial charge is 0.411 e. The Morgan fingerprint density at radius 1 is 1.33 bits per heavy atom. The highest BCUT2D eigenvalue weighted by atomic mass is 19.4. The van der Waals surface area contributed by atoms with Crippen LogP contribution in [0.3, 0.4) is 0 Å². The van der Waals surface area contributed by atoms with Crippen LogP contribution in [0.25, 0.3) is 0 Å². The maximum Gasteiger partial charge on any atom is 0.411 e. The SMILES string of the molecule is CCC(CCCOCC(F)(F)F)C(C)O.